The summed E-state index contributed by atoms with van der Waals surface area (Å²) in [5, 5.41) is 3.96. The first-order chi connectivity index (χ1) is 10.7. The summed E-state index contributed by atoms with van der Waals surface area (Å²) in [6.45, 7) is 2.15. The van der Waals surface area contributed by atoms with Gasteiger partial charge in [-0.25, -0.2) is 0 Å². The molecule has 0 bridgehead atoms. The molecule has 1 aliphatic rings. The van der Waals surface area contributed by atoms with Crippen molar-refractivity contribution < 1.29 is 13.7 Å². The fourth-order valence-electron chi connectivity index (χ4n) is 2.80. The summed E-state index contributed by atoms with van der Waals surface area (Å²) in [5.41, 5.74) is 0. The molecule has 0 radical (unpaired) electrons. The number of anilines is 1. The smallest absolute Gasteiger partial charge is 0.265 e. The van der Waals surface area contributed by atoms with Crippen LogP contribution in [0.15, 0.2) is 21.1 Å². The topological polar surface area (TPSA) is 67.8 Å². The van der Waals surface area contributed by atoms with Gasteiger partial charge in [-0.05, 0) is 36.7 Å². The van der Waals surface area contributed by atoms with Crippen molar-refractivity contribution in [2.75, 3.05) is 32.6 Å². The van der Waals surface area contributed by atoms with Crippen LogP contribution in [-0.4, -0.2) is 42.8 Å². The molecule has 0 N–H and O–H groups in total. The van der Waals surface area contributed by atoms with Crippen molar-refractivity contribution >= 4 is 5.95 Å². The van der Waals surface area contributed by atoms with Gasteiger partial charge in [0.1, 0.15) is 18.1 Å². The third-order valence-electron chi connectivity index (χ3n) is 3.86. The van der Waals surface area contributed by atoms with Gasteiger partial charge in [0, 0.05) is 21.2 Å². The number of ether oxygens (including phenoxy) is 1. The average molecular weight is 306 g/mol. The maximum absolute atomic E-state index is 5.88. The molecular weight excluding hydrogens is 284 g/mol. The minimum atomic E-state index is 0.264. The van der Waals surface area contributed by atoms with Gasteiger partial charge in [-0.3, -0.25) is 4.90 Å². The van der Waals surface area contributed by atoms with Crippen LogP contribution in [0, 0.1) is 0 Å². The van der Waals surface area contributed by atoms with Gasteiger partial charge in [-0.2, -0.15) is 4.98 Å². The van der Waals surface area contributed by atoms with Crippen molar-refractivity contribution in [1.29, 1.82) is 0 Å². The van der Waals surface area contributed by atoms with Gasteiger partial charge in [-0.15, -0.1) is 0 Å². The molecule has 1 aliphatic heterocycles. The molecule has 2 aromatic rings. The molecule has 3 heterocycles. The molecule has 3 rings (SSSR count). The first kappa shape index (κ1) is 15.1. The zero-order chi connectivity index (χ0) is 15.5. The summed E-state index contributed by atoms with van der Waals surface area (Å²) < 4.78 is 16.3. The first-order valence-electron chi connectivity index (χ1n) is 7.49. The number of methoxy groups -OCH3 is 1. The summed E-state index contributed by atoms with van der Waals surface area (Å²) in [6, 6.07) is 4.28. The van der Waals surface area contributed by atoms with Crippen LogP contribution in [0.1, 0.15) is 36.3 Å². The van der Waals surface area contributed by atoms with Crippen molar-refractivity contribution in [3.8, 4) is 0 Å². The van der Waals surface area contributed by atoms with Crippen molar-refractivity contribution in [1.82, 2.24) is 15.0 Å². The quantitative estimate of drug-likeness (QED) is 0.810. The molecule has 0 unspecified atom stereocenters. The van der Waals surface area contributed by atoms with Crippen LogP contribution >= 0.6 is 0 Å². The first-order valence-corrected chi connectivity index (χ1v) is 7.49. The van der Waals surface area contributed by atoms with Crippen LogP contribution < -0.4 is 4.90 Å². The van der Waals surface area contributed by atoms with E-state index in [9.17, 15) is 0 Å². The third-order valence-corrected chi connectivity index (χ3v) is 3.86. The number of aromatic nitrogens is 2. The zero-order valence-corrected chi connectivity index (χ0v) is 13.3. The average Bonchev–Trinajstić information content (AvgIpc) is 3.19. The van der Waals surface area contributed by atoms with Crippen LogP contribution in [0.5, 0.6) is 0 Å². The number of rotatable bonds is 6. The highest BCUT2D eigenvalue weighted by Gasteiger charge is 2.30. The monoisotopic (exact) mass is 306 g/mol. The van der Waals surface area contributed by atoms with Crippen molar-refractivity contribution in [3.05, 3.63) is 29.5 Å². The maximum Gasteiger partial charge on any atom is 0.265 e. The van der Waals surface area contributed by atoms with E-state index in [1.54, 1.807) is 7.11 Å². The van der Waals surface area contributed by atoms with Crippen molar-refractivity contribution in [3.63, 3.8) is 0 Å². The van der Waals surface area contributed by atoms with Gasteiger partial charge in [0.15, 0.2) is 0 Å². The van der Waals surface area contributed by atoms with E-state index in [4.69, 9.17) is 13.7 Å². The van der Waals surface area contributed by atoms with Gasteiger partial charge in [0.2, 0.25) is 5.89 Å². The molecule has 0 aliphatic carbocycles. The highest BCUT2D eigenvalue weighted by atomic mass is 16.5. The van der Waals surface area contributed by atoms with Crippen LogP contribution in [0.25, 0.3) is 0 Å². The van der Waals surface area contributed by atoms with Crippen LogP contribution in [-0.2, 0) is 17.9 Å². The standard InChI is InChI=1S/C15H22N4O3/c1-18(2)15-16-14(22-17-15)9-19-8-4-5-12(19)13-7-6-11(21-13)10-20-3/h6-7,12H,4-5,8-10H2,1-3H3/t12-/m0/s1. The molecular formula is C15H22N4O3. The lowest BCUT2D eigenvalue weighted by molar-refractivity contribution is 0.152. The summed E-state index contributed by atoms with van der Waals surface area (Å²) in [7, 11) is 5.46. The number of hydrogen-bond donors (Lipinski definition) is 0. The van der Waals surface area contributed by atoms with E-state index in [0.717, 1.165) is 30.9 Å². The number of furan rings is 1. The molecule has 2 aromatic heterocycles. The highest BCUT2D eigenvalue weighted by molar-refractivity contribution is 5.23. The Morgan fingerprint density at radius 1 is 1.41 bits per heavy atom. The third kappa shape index (κ3) is 3.15. The van der Waals surface area contributed by atoms with E-state index in [2.05, 4.69) is 15.0 Å². The fraction of sp³-hybridized carbons (Fsp3) is 0.600. The Bertz CT molecular complexity index is 607. The number of likely N-dealkylation sites (tertiary alicyclic amines) is 1. The Morgan fingerprint density at radius 2 is 2.27 bits per heavy atom. The molecule has 0 saturated carbocycles. The second-order valence-electron chi connectivity index (χ2n) is 5.75. The lowest BCUT2D eigenvalue weighted by Gasteiger charge is -2.20. The van der Waals surface area contributed by atoms with Gasteiger partial charge >= 0.3 is 0 Å². The lowest BCUT2D eigenvalue weighted by atomic mass is 10.1. The number of nitrogens with zero attached hydrogens (tertiary/aromatic N) is 4. The van der Waals surface area contributed by atoms with Crippen molar-refractivity contribution in [2.45, 2.75) is 32.0 Å². The van der Waals surface area contributed by atoms with Gasteiger partial charge in [0.25, 0.3) is 5.95 Å². The Hall–Kier alpha value is -1.86. The second kappa shape index (κ2) is 6.50. The second-order valence-corrected chi connectivity index (χ2v) is 5.75. The predicted octanol–water partition coefficient (Wildman–Crippen LogP) is 2.21. The van der Waals surface area contributed by atoms with Crippen LogP contribution in [0.2, 0.25) is 0 Å². The Balaban J connectivity index is 1.69. The summed E-state index contributed by atoms with van der Waals surface area (Å²) in [4.78, 5) is 8.55. The molecule has 0 amide bonds. The van der Waals surface area contributed by atoms with Crippen molar-refractivity contribution in [2.24, 2.45) is 0 Å². The molecule has 7 heteroatoms. The van der Waals surface area contributed by atoms with Gasteiger partial charge in [0.05, 0.1) is 12.6 Å². The largest absolute Gasteiger partial charge is 0.462 e. The van der Waals surface area contributed by atoms with Crippen LogP contribution in [0.3, 0.4) is 0 Å². The fourth-order valence-corrected chi connectivity index (χ4v) is 2.80. The SMILES string of the molecule is COCc1ccc([C@@H]2CCCN2Cc2nc(N(C)C)no2)o1. The zero-order valence-electron chi connectivity index (χ0n) is 13.3. The Morgan fingerprint density at radius 3 is 3.00 bits per heavy atom. The minimum absolute atomic E-state index is 0.264. The van der Waals surface area contributed by atoms with E-state index in [-0.39, 0.29) is 6.04 Å². The number of hydrogen-bond acceptors (Lipinski definition) is 7. The van der Waals surface area contributed by atoms with Crippen LogP contribution in [0.4, 0.5) is 5.95 Å². The van der Waals surface area contributed by atoms with E-state index in [1.165, 1.54) is 0 Å². The summed E-state index contributed by atoms with van der Waals surface area (Å²) in [5.74, 6) is 3.08. The molecule has 1 fully saturated rings. The van der Waals surface area contributed by atoms with E-state index < -0.39 is 0 Å². The molecule has 7 nitrogen and oxygen atoms in total. The molecule has 1 saturated heterocycles. The molecule has 0 aromatic carbocycles. The summed E-state index contributed by atoms with van der Waals surface area (Å²) >= 11 is 0. The van der Waals surface area contributed by atoms with E-state index in [1.807, 2.05) is 31.1 Å². The van der Waals surface area contributed by atoms with E-state index >= 15 is 0 Å². The maximum atomic E-state index is 5.88. The Kier molecular flexibility index (Phi) is 4.44. The molecule has 120 valence electrons. The summed E-state index contributed by atoms with van der Waals surface area (Å²) in [6.07, 6.45) is 2.22. The Labute approximate surface area is 129 Å². The van der Waals surface area contributed by atoms with E-state index in [0.29, 0.717) is 25.0 Å². The van der Waals surface area contributed by atoms with Gasteiger partial charge in [-0.1, -0.05) is 0 Å². The normalized spacial score (nSPS) is 19.0. The molecule has 22 heavy (non-hydrogen) atoms. The highest BCUT2D eigenvalue weighted by Crippen LogP contribution is 2.34. The molecule has 1 atom stereocenters. The lowest BCUT2D eigenvalue weighted by Crippen LogP contribution is -2.22. The molecule has 0 spiro atoms. The minimum Gasteiger partial charge on any atom is -0.462 e. The van der Waals surface area contributed by atoms with Gasteiger partial charge < -0.3 is 18.6 Å². The predicted molar refractivity (Wildman–Crippen MR) is 80.4 cm³/mol.